The van der Waals surface area contributed by atoms with E-state index in [4.69, 9.17) is 4.42 Å². The van der Waals surface area contributed by atoms with E-state index in [0.717, 1.165) is 25.9 Å². The molecule has 4 heterocycles. The maximum Gasteiger partial charge on any atom is 0.230 e. The number of benzene rings is 1. The van der Waals surface area contributed by atoms with Gasteiger partial charge in [-0.25, -0.2) is 4.39 Å². The lowest BCUT2D eigenvalue weighted by Gasteiger charge is -2.34. The Morgan fingerprint density at radius 3 is 2.64 bits per heavy atom. The normalized spacial score (nSPS) is 16.6. The molecule has 0 aliphatic carbocycles. The number of piperidine rings is 1. The van der Waals surface area contributed by atoms with E-state index in [1.807, 2.05) is 6.07 Å². The number of aromatic nitrogens is 3. The van der Waals surface area contributed by atoms with Crippen LogP contribution in [0.2, 0.25) is 0 Å². The quantitative estimate of drug-likeness (QED) is 0.549. The number of hydrogen-bond acceptors (Lipinski definition) is 6. The van der Waals surface area contributed by atoms with Gasteiger partial charge in [0.05, 0.1) is 17.2 Å². The molecule has 144 valence electrons. The topological polar surface area (TPSA) is 66.8 Å². The van der Waals surface area contributed by atoms with Crippen LogP contribution in [0.3, 0.4) is 0 Å². The zero-order valence-corrected chi connectivity index (χ0v) is 15.9. The Morgan fingerprint density at radius 2 is 1.93 bits per heavy atom. The van der Waals surface area contributed by atoms with E-state index in [9.17, 15) is 9.50 Å². The number of thiazole rings is 1. The second-order valence-electron chi connectivity index (χ2n) is 6.92. The van der Waals surface area contributed by atoms with Gasteiger partial charge in [-0.1, -0.05) is 36.0 Å². The van der Waals surface area contributed by atoms with E-state index >= 15 is 0 Å². The molecule has 0 bridgehead atoms. The van der Waals surface area contributed by atoms with Crippen molar-refractivity contribution in [2.75, 3.05) is 13.1 Å². The van der Waals surface area contributed by atoms with Gasteiger partial charge in [-0.05, 0) is 44.1 Å². The van der Waals surface area contributed by atoms with Crippen LogP contribution in [0.5, 0.6) is 5.88 Å². The number of halogens is 1. The summed E-state index contributed by atoms with van der Waals surface area (Å²) in [4.78, 5) is 7.93. The Bertz CT molecular complexity index is 1100. The third kappa shape index (κ3) is 2.89. The SMILES string of the molecule is Oc1c([C@H](c2ccccc2F)N2CCCCC2)sc2nc(-c3ccco3)nn12. The standard InChI is InChI=1S/C20H19FN4O2S/c21-14-8-3-2-7-13(14)16(24-10-4-1-5-11-24)17-19(26)25-20(28-17)22-18(23-25)15-9-6-12-27-15/h2-3,6-9,12,16,26H,1,4-5,10-11H2/t16-/m0/s1. The summed E-state index contributed by atoms with van der Waals surface area (Å²) in [6.45, 7) is 1.73. The minimum atomic E-state index is -0.359. The van der Waals surface area contributed by atoms with E-state index in [2.05, 4.69) is 15.0 Å². The molecule has 4 aromatic rings. The molecule has 0 amide bonds. The van der Waals surface area contributed by atoms with Crippen molar-refractivity contribution in [3.63, 3.8) is 0 Å². The second-order valence-corrected chi connectivity index (χ2v) is 7.93. The van der Waals surface area contributed by atoms with Gasteiger partial charge < -0.3 is 9.52 Å². The minimum absolute atomic E-state index is 0.00383. The van der Waals surface area contributed by atoms with Crippen molar-refractivity contribution in [1.29, 1.82) is 0 Å². The molecule has 5 rings (SSSR count). The Morgan fingerprint density at radius 1 is 1.11 bits per heavy atom. The molecule has 1 atom stereocenters. The highest BCUT2D eigenvalue weighted by Crippen LogP contribution is 2.42. The molecular formula is C20H19FN4O2S. The largest absolute Gasteiger partial charge is 0.492 e. The van der Waals surface area contributed by atoms with Crippen molar-refractivity contribution in [3.8, 4) is 17.5 Å². The summed E-state index contributed by atoms with van der Waals surface area (Å²) < 4.78 is 21.4. The maximum absolute atomic E-state index is 14.7. The summed E-state index contributed by atoms with van der Waals surface area (Å²) in [6.07, 6.45) is 4.86. The van der Waals surface area contributed by atoms with Gasteiger partial charge in [-0.3, -0.25) is 4.90 Å². The highest BCUT2D eigenvalue weighted by Gasteiger charge is 2.32. The highest BCUT2D eigenvalue weighted by molar-refractivity contribution is 7.17. The van der Waals surface area contributed by atoms with Crippen LogP contribution >= 0.6 is 11.3 Å². The maximum atomic E-state index is 14.7. The lowest BCUT2D eigenvalue weighted by atomic mass is 10.00. The van der Waals surface area contributed by atoms with Gasteiger partial charge in [0, 0.05) is 5.56 Å². The molecule has 0 spiro atoms. The van der Waals surface area contributed by atoms with Crippen molar-refractivity contribution in [2.45, 2.75) is 25.3 Å². The summed E-state index contributed by atoms with van der Waals surface area (Å²) in [6, 6.07) is 9.95. The van der Waals surface area contributed by atoms with Crippen molar-refractivity contribution in [3.05, 3.63) is 58.9 Å². The number of furan rings is 1. The molecule has 1 saturated heterocycles. The van der Waals surface area contributed by atoms with Crippen LogP contribution in [0.25, 0.3) is 16.5 Å². The molecule has 8 heteroatoms. The molecule has 1 fully saturated rings. The van der Waals surface area contributed by atoms with E-state index in [-0.39, 0.29) is 17.7 Å². The lowest BCUT2D eigenvalue weighted by molar-refractivity contribution is 0.184. The van der Waals surface area contributed by atoms with Crippen molar-refractivity contribution < 1.29 is 13.9 Å². The molecule has 28 heavy (non-hydrogen) atoms. The number of fused-ring (bicyclic) bond motifs is 1. The fraction of sp³-hybridized carbons (Fsp3) is 0.300. The van der Waals surface area contributed by atoms with Gasteiger partial charge in [0.15, 0.2) is 5.76 Å². The average molecular weight is 398 g/mol. The molecule has 1 aromatic carbocycles. The summed E-state index contributed by atoms with van der Waals surface area (Å²) >= 11 is 1.34. The van der Waals surface area contributed by atoms with Crippen molar-refractivity contribution in [1.82, 2.24) is 19.5 Å². The average Bonchev–Trinajstić information content (AvgIpc) is 3.43. The highest BCUT2D eigenvalue weighted by atomic mass is 32.1. The van der Waals surface area contributed by atoms with Gasteiger partial charge in [-0.2, -0.15) is 9.50 Å². The summed E-state index contributed by atoms with van der Waals surface area (Å²) in [5, 5.41) is 15.3. The Hall–Kier alpha value is -2.71. The van der Waals surface area contributed by atoms with Gasteiger partial charge >= 0.3 is 0 Å². The minimum Gasteiger partial charge on any atom is -0.492 e. The van der Waals surface area contributed by atoms with E-state index in [1.54, 1.807) is 30.5 Å². The molecule has 0 saturated carbocycles. The first-order valence-corrected chi connectivity index (χ1v) is 10.1. The molecule has 1 aliphatic rings. The zero-order chi connectivity index (χ0) is 19.1. The molecule has 0 unspecified atom stereocenters. The predicted molar refractivity (Wildman–Crippen MR) is 104 cm³/mol. The van der Waals surface area contributed by atoms with Crippen LogP contribution in [0.4, 0.5) is 4.39 Å². The van der Waals surface area contributed by atoms with Crippen LogP contribution in [0, 0.1) is 5.82 Å². The number of hydrogen-bond donors (Lipinski definition) is 1. The van der Waals surface area contributed by atoms with Gasteiger partial charge in [0.2, 0.25) is 16.7 Å². The molecule has 0 radical (unpaired) electrons. The Labute approximate surface area is 164 Å². The van der Waals surface area contributed by atoms with Crippen LogP contribution in [0.1, 0.15) is 35.7 Å². The van der Waals surface area contributed by atoms with Crippen molar-refractivity contribution in [2.24, 2.45) is 0 Å². The van der Waals surface area contributed by atoms with Crippen LogP contribution in [-0.2, 0) is 0 Å². The van der Waals surface area contributed by atoms with Crippen molar-refractivity contribution >= 4 is 16.3 Å². The number of nitrogens with zero attached hydrogens (tertiary/aromatic N) is 4. The number of likely N-dealkylation sites (tertiary alicyclic amines) is 1. The fourth-order valence-corrected chi connectivity index (χ4v) is 4.92. The van der Waals surface area contributed by atoms with Gasteiger partial charge in [0.1, 0.15) is 5.82 Å². The zero-order valence-electron chi connectivity index (χ0n) is 15.1. The van der Waals surface area contributed by atoms with Crippen LogP contribution in [-0.4, -0.2) is 37.7 Å². The molecule has 6 nitrogen and oxygen atoms in total. The van der Waals surface area contributed by atoms with E-state index in [1.165, 1.54) is 28.3 Å². The monoisotopic (exact) mass is 398 g/mol. The summed E-state index contributed by atoms with van der Waals surface area (Å²) in [7, 11) is 0. The smallest absolute Gasteiger partial charge is 0.230 e. The number of rotatable bonds is 4. The van der Waals surface area contributed by atoms with E-state index < -0.39 is 0 Å². The Kier molecular flexibility index (Phi) is 4.37. The molecule has 3 aromatic heterocycles. The lowest BCUT2D eigenvalue weighted by Crippen LogP contribution is -2.34. The third-order valence-corrected chi connectivity index (χ3v) is 6.22. The first-order chi connectivity index (χ1) is 13.7. The molecule has 1 aliphatic heterocycles. The van der Waals surface area contributed by atoms with Gasteiger partial charge in [-0.15, -0.1) is 5.10 Å². The summed E-state index contributed by atoms with van der Waals surface area (Å²) in [5.74, 6) is 0.689. The predicted octanol–water partition coefficient (Wildman–Crippen LogP) is 4.47. The van der Waals surface area contributed by atoms with Gasteiger partial charge in [0.25, 0.3) is 0 Å². The first kappa shape index (κ1) is 17.4. The fourth-order valence-electron chi connectivity index (χ4n) is 3.82. The van der Waals surface area contributed by atoms with Crippen LogP contribution in [0.15, 0.2) is 47.1 Å². The molecule has 1 N–H and O–H groups in total. The second kappa shape index (κ2) is 7.03. The number of aromatic hydroxyl groups is 1. The summed E-state index contributed by atoms with van der Waals surface area (Å²) in [5.41, 5.74) is 0.565. The Balaban J connectivity index is 1.62. The molecular weight excluding hydrogens is 379 g/mol. The first-order valence-electron chi connectivity index (χ1n) is 9.33. The van der Waals surface area contributed by atoms with Crippen LogP contribution < -0.4 is 0 Å². The third-order valence-electron chi connectivity index (χ3n) is 5.15. The van der Waals surface area contributed by atoms with E-state index in [0.29, 0.717) is 27.0 Å².